The van der Waals surface area contributed by atoms with Gasteiger partial charge in [-0.25, -0.2) is 0 Å². The summed E-state index contributed by atoms with van der Waals surface area (Å²) in [6.07, 6.45) is 11.7. The Morgan fingerprint density at radius 3 is 2.52 bits per heavy atom. The molecule has 1 N–H and O–H groups in total. The zero-order valence-corrected chi connectivity index (χ0v) is 13.1. The molecule has 0 saturated heterocycles. The Kier molecular flexibility index (Phi) is 4.03. The molecule has 3 aliphatic rings. The molecular weight excluding hydrogens is 254 g/mol. The van der Waals surface area contributed by atoms with Gasteiger partial charge in [-0.05, 0) is 67.9 Å². The van der Waals surface area contributed by atoms with Crippen LogP contribution in [0.25, 0.3) is 0 Å². The summed E-state index contributed by atoms with van der Waals surface area (Å²) in [5, 5.41) is 4.00. The first-order chi connectivity index (χ1) is 10.4. The van der Waals surface area contributed by atoms with Gasteiger partial charge in [0, 0.05) is 6.04 Å². The van der Waals surface area contributed by atoms with Crippen molar-refractivity contribution in [1.29, 1.82) is 0 Å². The minimum Gasteiger partial charge on any atom is -0.313 e. The zero-order chi connectivity index (χ0) is 14.1. The van der Waals surface area contributed by atoms with Gasteiger partial charge < -0.3 is 5.32 Å². The molecule has 1 aromatic carbocycles. The smallest absolute Gasteiger partial charge is 0.0136 e. The molecular formula is C20H29N. The molecule has 1 heteroatoms. The minimum atomic E-state index is 0.722. The van der Waals surface area contributed by atoms with Gasteiger partial charge in [-0.2, -0.15) is 0 Å². The van der Waals surface area contributed by atoms with Crippen LogP contribution >= 0.6 is 0 Å². The third-order valence-corrected chi connectivity index (χ3v) is 6.52. The second kappa shape index (κ2) is 6.12. The van der Waals surface area contributed by atoms with E-state index in [9.17, 15) is 0 Å². The van der Waals surface area contributed by atoms with Crippen LogP contribution in [0.15, 0.2) is 30.3 Å². The Hall–Kier alpha value is -0.820. The predicted molar refractivity (Wildman–Crippen MR) is 88.4 cm³/mol. The van der Waals surface area contributed by atoms with E-state index >= 15 is 0 Å². The zero-order valence-electron chi connectivity index (χ0n) is 13.1. The van der Waals surface area contributed by atoms with Crippen LogP contribution in [0.1, 0.15) is 62.8 Å². The third-order valence-electron chi connectivity index (χ3n) is 6.52. The lowest BCUT2D eigenvalue weighted by atomic mass is 9.79. The summed E-state index contributed by atoms with van der Waals surface area (Å²) in [5.41, 5.74) is 1.56. The van der Waals surface area contributed by atoms with Crippen LogP contribution in [-0.4, -0.2) is 12.6 Å². The molecule has 2 bridgehead atoms. The molecule has 0 radical (unpaired) electrons. The Balaban J connectivity index is 1.38. The van der Waals surface area contributed by atoms with E-state index in [0.29, 0.717) is 0 Å². The van der Waals surface area contributed by atoms with Crippen molar-refractivity contribution in [3.05, 3.63) is 35.9 Å². The molecule has 5 atom stereocenters. The van der Waals surface area contributed by atoms with Gasteiger partial charge in [-0.1, -0.05) is 49.6 Å². The van der Waals surface area contributed by atoms with Crippen LogP contribution in [-0.2, 0) is 0 Å². The van der Waals surface area contributed by atoms with Crippen molar-refractivity contribution in [3.63, 3.8) is 0 Å². The van der Waals surface area contributed by atoms with E-state index in [2.05, 4.69) is 35.6 Å². The highest BCUT2D eigenvalue weighted by Crippen LogP contribution is 2.48. The molecule has 4 rings (SSSR count). The van der Waals surface area contributed by atoms with Gasteiger partial charge in [0.1, 0.15) is 0 Å². The van der Waals surface area contributed by atoms with Crippen LogP contribution in [0.4, 0.5) is 0 Å². The van der Waals surface area contributed by atoms with Crippen molar-refractivity contribution in [2.75, 3.05) is 6.54 Å². The van der Waals surface area contributed by atoms with E-state index in [1.807, 2.05) is 0 Å². The fourth-order valence-electron chi connectivity index (χ4n) is 5.40. The van der Waals surface area contributed by atoms with Crippen molar-refractivity contribution in [2.45, 2.75) is 63.3 Å². The number of fused-ring (bicyclic) bond motifs is 2. The van der Waals surface area contributed by atoms with E-state index in [4.69, 9.17) is 0 Å². The molecule has 1 aromatic rings. The highest BCUT2D eigenvalue weighted by atomic mass is 14.9. The second-order valence-corrected chi connectivity index (χ2v) is 7.75. The van der Waals surface area contributed by atoms with Crippen LogP contribution in [0, 0.1) is 17.8 Å². The fourth-order valence-corrected chi connectivity index (χ4v) is 5.40. The van der Waals surface area contributed by atoms with Gasteiger partial charge in [-0.3, -0.25) is 0 Å². The number of benzene rings is 1. The van der Waals surface area contributed by atoms with Gasteiger partial charge in [0.25, 0.3) is 0 Å². The summed E-state index contributed by atoms with van der Waals surface area (Å²) >= 11 is 0. The molecule has 5 unspecified atom stereocenters. The van der Waals surface area contributed by atoms with E-state index in [1.165, 1.54) is 51.5 Å². The van der Waals surface area contributed by atoms with Crippen molar-refractivity contribution in [2.24, 2.45) is 17.8 Å². The molecule has 0 aliphatic heterocycles. The summed E-state index contributed by atoms with van der Waals surface area (Å²) in [7, 11) is 0. The average molecular weight is 283 g/mol. The van der Waals surface area contributed by atoms with E-state index in [1.54, 1.807) is 12.0 Å². The Bertz CT molecular complexity index is 454. The summed E-state index contributed by atoms with van der Waals surface area (Å²) in [6, 6.07) is 11.9. The van der Waals surface area contributed by atoms with Crippen LogP contribution in [0.3, 0.4) is 0 Å². The summed E-state index contributed by atoms with van der Waals surface area (Å²) in [6.45, 7) is 1.29. The van der Waals surface area contributed by atoms with Gasteiger partial charge in [-0.15, -0.1) is 0 Å². The lowest BCUT2D eigenvalue weighted by Crippen LogP contribution is -2.40. The standard InChI is InChI=1S/C20H29N/c1-2-6-16(7-3-1)19-8-4-5-9-20(19)21-14-18-13-15-10-11-17(18)12-15/h1-3,6-7,15,17-21H,4-5,8-14H2. The number of rotatable bonds is 4. The van der Waals surface area contributed by atoms with Gasteiger partial charge >= 0.3 is 0 Å². The van der Waals surface area contributed by atoms with Gasteiger partial charge in [0.2, 0.25) is 0 Å². The minimum absolute atomic E-state index is 0.722. The molecule has 1 nitrogen and oxygen atoms in total. The molecule has 0 heterocycles. The van der Waals surface area contributed by atoms with Crippen LogP contribution < -0.4 is 5.32 Å². The van der Waals surface area contributed by atoms with Crippen molar-refractivity contribution in [3.8, 4) is 0 Å². The van der Waals surface area contributed by atoms with Crippen LogP contribution in [0.2, 0.25) is 0 Å². The molecule has 3 aliphatic carbocycles. The third kappa shape index (κ3) is 2.90. The largest absolute Gasteiger partial charge is 0.313 e. The predicted octanol–water partition coefficient (Wildman–Crippen LogP) is 4.74. The maximum Gasteiger partial charge on any atom is 0.0136 e. The molecule has 3 fully saturated rings. The first-order valence-corrected chi connectivity index (χ1v) is 9.18. The first-order valence-electron chi connectivity index (χ1n) is 9.18. The summed E-state index contributed by atoms with van der Waals surface area (Å²) in [5.74, 6) is 3.87. The maximum atomic E-state index is 4.00. The number of nitrogens with one attached hydrogen (secondary N) is 1. The number of hydrogen-bond donors (Lipinski definition) is 1. The lowest BCUT2D eigenvalue weighted by molar-refractivity contribution is 0.268. The highest BCUT2D eigenvalue weighted by Gasteiger charge is 2.39. The molecule has 3 saturated carbocycles. The van der Waals surface area contributed by atoms with Crippen molar-refractivity contribution in [1.82, 2.24) is 5.32 Å². The Labute approximate surface area is 129 Å². The van der Waals surface area contributed by atoms with E-state index in [-0.39, 0.29) is 0 Å². The van der Waals surface area contributed by atoms with Crippen molar-refractivity contribution < 1.29 is 0 Å². The summed E-state index contributed by atoms with van der Waals surface area (Å²) in [4.78, 5) is 0. The Morgan fingerprint density at radius 1 is 0.905 bits per heavy atom. The Morgan fingerprint density at radius 2 is 1.76 bits per heavy atom. The highest BCUT2D eigenvalue weighted by molar-refractivity contribution is 5.22. The second-order valence-electron chi connectivity index (χ2n) is 7.75. The molecule has 0 aromatic heterocycles. The van der Waals surface area contributed by atoms with Crippen LogP contribution in [0.5, 0.6) is 0 Å². The molecule has 0 amide bonds. The first kappa shape index (κ1) is 13.8. The molecule has 21 heavy (non-hydrogen) atoms. The SMILES string of the molecule is c1ccc(C2CCCCC2NCC2CC3CCC2C3)cc1. The number of hydrogen-bond acceptors (Lipinski definition) is 1. The topological polar surface area (TPSA) is 12.0 Å². The lowest BCUT2D eigenvalue weighted by Gasteiger charge is -2.34. The summed E-state index contributed by atoms with van der Waals surface area (Å²) < 4.78 is 0. The van der Waals surface area contributed by atoms with E-state index < -0.39 is 0 Å². The monoisotopic (exact) mass is 283 g/mol. The normalized spacial score (nSPS) is 38.8. The van der Waals surface area contributed by atoms with Gasteiger partial charge in [0.15, 0.2) is 0 Å². The fraction of sp³-hybridized carbons (Fsp3) is 0.700. The molecule has 0 spiro atoms. The maximum absolute atomic E-state index is 4.00. The average Bonchev–Trinajstić information content (AvgIpc) is 3.17. The van der Waals surface area contributed by atoms with Gasteiger partial charge in [0.05, 0.1) is 0 Å². The van der Waals surface area contributed by atoms with Crippen molar-refractivity contribution >= 4 is 0 Å². The molecule has 114 valence electrons. The quantitative estimate of drug-likeness (QED) is 0.841. The van der Waals surface area contributed by atoms with E-state index in [0.717, 1.165) is 29.7 Å².